The Morgan fingerprint density at radius 1 is 0.222 bits per heavy atom. The Morgan fingerprint density at radius 2 is 0.547 bits per heavy atom. The maximum Gasteiger partial charge on any atom is 0.197 e. The number of hydrogen-bond acceptors (Lipinski definition) is 6. The Hall–Kier alpha value is -15.6. The third kappa shape index (κ3) is 10.3. The van der Waals surface area contributed by atoms with E-state index in [2.05, 4.69) is 379 Å². The minimum Gasteiger partial charge on any atom is -0.450 e. The van der Waals surface area contributed by atoms with Gasteiger partial charge in [-0.15, -0.1) is 0 Å². The van der Waals surface area contributed by atoms with Crippen molar-refractivity contribution >= 4 is 187 Å². The highest BCUT2D eigenvalue weighted by molar-refractivity contribution is 6.32. The molecule has 0 radical (unpaired) electrons. The molecule has 16 aromatic carbocycles. The summed E-state index contributed by atoms with van der Waals surface area (Å²) in [6, 6.07) is 128. The average molecular weight is 1520 g/mol. The van der Waals surface area contributed by atoms with Crippen molar-refractivity contribution in [1.82, 2.24) is 47.8 Å². The van der Waals surface area contributed by atoms with Crippen LogP contribution in [-0.4, -0.2) is 47.8 Å². The first-order chi connectivity index (χ1) is 58.0. The number of halogens is 1. The lowest BCUT2D eigenvalue weighted by atomic mass is 10.0. The van der Waals surface area contributed by atoms with E-state index in [9.17, 15) is 0 Å². The summed E-state index contributed by atoms with van der Waals surface area (Å²) in [5.41, 5.74) is 25.9. The predicted octanol–water partition coefficient (Wildman–Crippen LogP) is 27.5. The fourth-order valence-corrected chi connectivity index (χ4v) is 18.5. The molecular formula is C104H63ClN10O2. The van der Waals surface area contributed by atoms with Crippen LogP contribution in [0.2, 0.25) is 5.02 Å². The molecule has 12 nitrogen and oxygen atoms in total. The molecule has 0 aliphatic heterocycles. The van der Waals surface area contributed by atoms with Gasteiger partial charge in [-0.25, -0.2) is 19.9 Å². The van der Waals surface area contributed by atoms with E-state index in [4.69, 9.17) is 35.4 Å². The second-order valence-corrected chi connectivity index (χ2v) is 30.3. The van der Waals surface area contributed by atoms with Crippen LogP contribution < -0.4 is 0 Å². The van der Waals surface area contributed by atoms with E-state index < -0.39 is 0 Å². The summed E-state index contributed by atoms with van der Waals surface area (Å²) < 4.78 is 24.6. The van der Waals surface area contributed by atoms with Crippen LogP contribution >= 0.6 is 11.6 Å². The number of nitrogens with one attached hydrogen (secondary N) is 1. The number of nitrogens with zero attached hydrogens (tertiary/aromatic N) is 9. The molecule has 0 saturated carbocycles. The van der Waals surface area contributed by atoms with Gasteiger partial charge in [0.05, 0.1) is 55.2 Å². The van der Waals surface area contributed by atoms with E-state index in [-0.39, 0.29) is 0 Å². The van der Waals surface area contributed by atoms with Crippen molar-refractivity contribution in [3.8, 4) is 51.0 Å². The van der Waals surface area contributed by atoms with E-state index in [1.165, 1.54) is 76.2 Å². The van der Waals surface area contributed by atoms with Crippen molar-refractivity contribution in [2.75, 3.05) is 0 Å². The predicted molar refractivity (Wildman–Crippen MR) is 482 cm³/mol. The number of H-pyrrole nitrogens is 1. The fraction of sp³-hybridized carbons (Fsp3) is 0. The molecule has 0 atom stereocenters. The lowest BCUT2D eigenvalue weighted by Crippen LogP contribution is -1.99. The molecule has 0 bridgehead atoms. The molecule has 548 valence electrons. The molecule has 10 aromatic heterocycles. The topological polar surface area (TPSA) is 118 Å². The zero-order valence-electron chi connectivity index (χ0n) is 62.5. The van der Waals surface area contributed by atoms with E-state index >= 15 is 0 Å². The van der Waals surface area contributed by atoms with Gasteiger partial charge in [-0.05, 0) is 168 Å². The molecule has 0 saturated heterocycles. The number of hydrogen-bond donors (Lipinski definition) is 1. The van der Waals surface area contributed by atoms with Crippen molar-refractivity contribution < 1.29 is 8.83 Å². The van der Waals surface area contributed by atoms with E-state index in [1.807, 2.05) is 18.2 Å². The van der Waals surface area contributed by atoms with Gasteiger partial charge in [-0.1, -0.05) is 230 Å². The normalized spacial score (nSPS) is 12.0. The Kier molecular flexibility index (Phi) is 14.8. The van der Waals surface area contributed by atoms with Crippen LogP contribution in [0.4, 0.5) is 0 Å². The molecule has 10 heterocycles. The van der Waals surface area contributed by atoms with Crippen molar-refractivity contribution in [2.24, 2.45) is 0 Å². The smallest absolute Gasteiger partial charge is 0.197 e. The molecule has 26 rings (SSSR count). The molecule has 13 heteroatoms. The highest BCUT2D eigenvalue weighted by Gasteiger charge is 2.25. The van der Waals surface area contributed by atoms with Crippen LogP contribution in [0, 0.1) is 0 Å². The number of aromatic nitrogens is 10. The number of fused-ring (bicyclic) bond motifs is 24. The first kappa shape index (κ1) is 66.0. The summed E-state index contributed by atoms with van der Waals surface area (Å²) in [7, 11) is 0. The van der Waals surface area contributed by atoms with Gasteiger partial charge in [0, 0.05) is 109 Å². The highest BCUT2D eigenvalue weighted by atomic mass is 35.5. The summed E-state index contributed by atoms with van der Waals surface area (Å²) in [4.78, 5) is 22.6. The molecular weight excluding hydrogens is 1460 g/mol. The first-order valence-corrected chi connectivity index (χ1v) is 39.5. The summed E-state index contributed by atoms with van der Waals surface area (Å²) in [5.74, 6) is 1.41. The Bertz CT molecular complexity index is 8470. The lowest BCUT2D eigenvalue weighted by Gasteiger charge is -2.09. The zero-order chi connectivity index (χ0) is 76.9. The highest BCUT2D eigenvalue weighted by Crippen LogP contribution is 2.45. The molecule has 0 aliphatic carbocycles. The largest absolute Gasteiger partial charge is 0.450 e. The van der Waals surface area contributed by atoms with Crippen LogP contribution in [0.1, 0.15) is 0 Å². The van der Waals surface area contributed by atoms with Crippen LogP contribution in [0.25, 0.3) is 226 Å². The fourth-order valence-electron chi connectivity index (χ4n) is 18.3. The van der Waals surface area contributed by atoms with E-state index in [1.54, 1.807) is 12.7 Å². The number of aromatic amines is 1. The van der Waals surface area contributed by atoms with Crippen molar-refractivity contribution in [3.63, 3.8) is 0 Å². The number of rotatable bonds is 7. The van der Waals surface area contributed by atoms with Crippen molar-refractivity contribution in [2.45, 2.75) is 0 Å². The Morgan fingerprint density at radius 3 is 0.983 bits per heavy atom. The zero-order valence-corrected chi connectivity index (χ0v) is 63.3. The van der Waals surface area contributed by atoms with Crippen LogP contribution in [0.5, 0.6) is 0 Å². The Balaban J connectivity index is 0.000000118. The third-order valence-electron chi connectivity index (χ3n) is 23.5. The molecule has 0 aliphatic rings. The van der Waals surface area contributed by atoms with Crippen LogP contribution in [0.3, 0.4) is 0 Å². The standard InChI is InChI=1S/C52H31N5O.C40H23ClN4O.C12H9N/c1-2-12-34(13-3-1)55-45-20-10-7-17-39(45)41-28-32(23-26-47(41)55)33-22-25-40-38-16-6-11-21-46(38)57(48(40)29-33)52-51-50(53-31-54-52)42-30-35(24-27-49(42)58-51)56-43-18-8-4-14-36(43)37-15-5-9-19-44(37)56;41-26-16-19-37-32(22-26)38-39(46-37)40(43-23-42-38)45-34-13-7-4-10-28(34)30-17-14-25(21-36(30)45)24-15-18-35-31(20-24)29-11-5-6-12-33(29)44(35)27-8-2-1-3-9-27;1-3-7-11-9(5-1)10-6-2-4-8-12(10)13-11/h1-31H;1-23H;1-8,13H. The quantitative estimate of drug-likeness (QED) is 0.170. The molecule has 26 aromatic rings. The van der Waals surface area contributed by atoms with Gasteiger partial charge in [0.15, 0.2) is 22.8 Å². The lowest BCUT2D eigenvalue weighted by molar-refractivity contribution is 0.662. The first-order valence-electron chi connectivity index (χ1n) is 39.2. The van der Waals surface area contributed by atoms with Crippen LogP contribution in [-0.2, 0) is 0 Å². The number of para-hydroxylation sites is 10. The van der Waals surface area contributed by atoms with Crippen molar-refractivity contribution in [1.29, 1.82) is 0 Å². The van der Waals surface area contributed by atoms with Gasteiger partial charge in [-0.3, -0.25) is 9.13 Å². The van der Waals surface area contributed by atoms with Gasteiger partial charge in [0.25, 0.3) is 0 Å². The number of benzene rings is 16. The third-order valence-corrected chi connectivity index (χ3v) is 23.7. The maximum atomic E-state index is 6.74. The minimum absolute atomic E-state index is 0.628. The van der Waals surface area contributed by atoms with Gasteiger partial charge in [0.1, 0.15) is 34.9 Å². The average Bonchev–Trinajstić information content (AvgIpc) is 1.66. The van der Waals surface area contributed by atoms with Crippen LogP contribution in [0.15, 0.2) is 385 Å². The summed E-state index contributed by atoms with van der Waals surface area (Å²) in [6.07, 6.45) is 3.27. The monoisotopic (exact) mass is 1520 g/mol. The van der Waals surface area contributed by atoms with E-state index in [0.717, 1.165) is 127 Å². The number of furan rings is 2. The van der Waals surface area contributed by atoms with Crippen molar-refractivity contribution in [3.05, 3.63) is 382 Å². The second-order valence-electron chi connectivity index (χ2n) is 29.9. The van der Waals surface area contributed by atoms with Gasteiger partial charge >= 0.3 is 0 Å². The molecule has 0 spiro atoms. The van der Waals surface area contributed by atoms with E-state index in [0.29, 0.717) is 27.8 Å². The van der Waals surface area contributed by atoms with Gasteiger partial charge in [0.2, 0.25) is 0 Å². The second kappa shape index (κ2) is 26.2. The molecule has 117 heavy (non-hydrogen) atoms. The summed E-state index contributed by atoms with van der Waals surface area (Å²) in [5, 5.41) is 17.0. The molecule has 0 unspecified atom stereocenters. The maximum absolute atomic E-state index is 6.74. The SMILES string of the molecule is Clc1ccc2oc3c(-n4c5ccccc5c5ccc(-c6ccc7c(c6)c6ccccc6n7-c6ccccc6)cc54)ncnc3c2c1.c1ccc(-n2c3ccccc3c3cc(-c4ccc5c6ccccc6n(-c6ncnc7c6oc6ccc(-n8c9ccccc9c9ccccc98)cc67)c5c4)ccc32)cc1.c1ccc2c(c1)[nH]c1ccccc12. The molecule has 1 N–H and O–H groups in total. The molecule has 0 fully saturated rings. The van der Waals surface area contributed by atoms with Gasteiger partial charge < -0.3 is 27.5 Å². The molecule has 0 amide bonds. The summed E-state index contributed by atoms with van der Waals surface area (Å²) in [6.45, 7) is 0. The minimum atomic E-state index is 0.628. The Labute approximate surface area is 671 Å². The van der Waals surface area contributed by atoms with Gasteiger partial charge in [-0.2, -0.15) is 0 Å². The summed E-state index contributed by atoms with van der Waals surface area (Å²) >= 11 is 6.36.